The van der Waals surface area contributed by atoms with E-state index in [1.807, 2.05) is 0 Å². The van der Waals surface area contributed by atoms with Gasteiger partial charge in [0.2, 0.25) is 0 Å². The Balaban J connectivity index is 3.46. The van der Waals surface area contributed by atoms with Gasteiger partial charge in [-0.25, -0.2) is 4.39 Å². The third-order valence-electron chi connectivity index (χ3n) is 1.63. The fourth-order valence-electron chi connectivity index (χ4n) is 1.05. The number of nitrogens with zero attached hydrogens (tertiary/aromatic N) is 1. The summed E-state index contributed by atoms with van der Waals surface area (Å²) >= 11 is 5.82. The van der Waals surface area contributed by atoms with Crippen molar-refractivity contribution in [3.8, 4) is 0 Å². The molecule has 0 aromatic heterocycles. The topological polar surface area (TPSA) is 60.2 Å². The quantitative estimate of drug-likeness (QED) is 0.367. The summed E-state index contributed by atoms with van der Waals surface area (Å²) in [5.41, 5.74) is -0.662. The predicted molar refractivity (Wildman–Crippen MR) is 58.9 cm³/mol. The number of nitro groups is 1. The van der Waals surface area contributed by atoms with Crippen molar-refractivity contribution in [1.82, 2.24) is 0 Å². The van der Waals surface area contributed by atoms with Gasteiger partial charge in [0, 0.05) is 4.47 Å². The number of ketones is 1. The highest BCUT2D eigenvalue weighted by Crippen LogP contribution is 2.29. The minimum absolute atomic E-state index is 0.0575. The SMILES string of the molecule is O=C(CBr)c1c(Br)cc(F)cc1[N+](=O)[O-]. The molecule has 0 radical (unpaired) electrons. The van der Waals surface area contributed by atoms with Crippen LogP contribution in [-0.2, 0) is 0 Å². The van der Waals surface area contributed by atoms with E-state index >= 15 is 0 Å². The fraction of sp³-hybridized carbons (Fsp3) is 0.125. The minimum Gasteiger partial charge on any atom is -0.293 e. The molecule has 15 heavy (non-hydrogen) atoms. The zero-order valence-electron chi connectivity index (χ0n) is 7.17. The summed E-state index contributed by atoms with van der Waals surface area (Å²) in [6.07, 6.45) is 0. The van der Waals surface area contributed by atoms with Crippen LogP contribution in [0.2, 0.25) is 0 Å². The monoisotopic (exact) mass is 339 g/mol. The number of hydrogen-bond donors (Lipinski definition) is 0. The lowest BCUT2D eigenvalue weighted by molar-refractivity contribution is -0.385. The second-order valence-electron chi connectivity index (χ2n) is 2.60. The van der Waals surface area contributed by atoms with E-state index in [1.165, 1.54) is 0 Å². The molecular weight excluding hydrogens is 337 g/mol. The second kappa shape index (κ2) is 4.80. The summed E-state index contributed by atoms with van der Waals surface area (Å²) in [4.78, 5) is 21.2. The Hall–Kier alpha value is -0.820. The number of nitro benzene ring substituents is 1. The van der Waals surface area contributed by atoms with Crippen LogP contribution in [0.1, 0.15) is 10.4 Å². The molecule has 0 N–H and O–H groups in total. The maximum absolute atomic E-state index is 12.9. The van der Waals surface area contributed by atoms with E-state index in [2.05, 4.69) is 31.9 Å². The molecular formula is C8H4Br2FNO3. The highest BCUT2D eigenvalue weighted by Gasteiger charge is 2.23. The summed E-state index contributed by atoms with van der Waals surface area (Å²) in [6.45, 7) is 0. The first-order valence-corrected chi connectivity index (χ1v) is 5.61. The first-order valence-electron chi connectivity index (χ1n) is 3.70. The van der Waals surface area contributed by atoms with E-state index in [0.717, 1.165) is 12.1 Å². The molecule has 0 unspecified atom stereocenters. The molecule has 80 valence electrons. The zero-order valence-corrected chi connectivity index (χ0v) is 10.3. The molecule has 1 aromatic carbocycles. The smallest absolute Gasteiger partial charge is 0.284 e. The third kappa shape index (κ3) is 2.60. The second-order valence-corrected chi connectivity index (χ2v) is 4.01. The molecule has 0 saturated heterocycles. The van der Waals surface area contributed by atoms with Crippen molar-refractivity contribution in [1.29, 1.82) is 0 Å². The molecule has 0 aliphatic heterocycles. The predicted octanol–water partition coefficient (Wildman–Crippen LogP) is 3.07. The number of Topliss-reactive ketones (excluding diaryl/α,β-unsaturated/α-hetero) is 1. The van der Waals surface area contributed by atoms with Crippen LogP contribution in [0.5, 0.6) is 0 Å². The van der Waals surface area contributed by atoms with Crippen LogP contribution in [0.3, 0.4) is 0 Å². The van der Waals surface area contributed by atoms with Gasteiger partial charge in [-0.3, -0.25) is 14.9 Å². The van der Waals surface area contributed by atoms with E-state index in [9.17, 15) is 19.3 Å². The number of benzene rings is 1. The molecule has 0 aliphatic rings. The van der Waals surface area contributed by atoms with Gasteiger partial charge in [0.15, 0.2) is 5.78 Å². The standard InChI is InChI=1S/C8H4Br2FNO3/c9-3-7(13)8-5(10)1-4(11)2-6(8)12(14)15/h1-2H,3H2. The summed E-state index contributed by atoms with van der Waals surface area (Å²) in [6, 6.07) is 1.74. The molecule has 7 heteroatoms. The first-order chi connectivity index (χ1) is 6.97. The molecule has 0 amide bonds. The minimum atomic E-state index is -0.788. The van der Waals surface area contributed by atoms with Gasteiger partial charge < -0.3 is 0 Å². The van der Waals surface area contributed by atoms with Crippen LogP contribution in [0, 0.1) is 15.9 Å². The Bertz CT molecular complexity index is 436. The molecule has 0 heterocycles. The van der Waals surface area contributed by atoms with Crippen molar-refractivity contribution >= 4 is 43.3 Å². The van der Waals surface area contributed by atoms with Crippen LogP contribution in [0.15, 0.2) is 16.6 Å². The number of rotatable bonds is 3. The number of hydrogen-bond acceptors (Lipinski definition) is 3. The number of carbonyl (C=O) groups is 1. The van der Waals surface area contributed by atoms with Gasteiger partial charge in [0.25, 0.3) is 5.69 Å². The summed E-state index contributed by atoms with van der Waals surface area (Å²) in [5.74, 6) is -1.24. The van der Waals surface area contributed by atoms with Crippen molar-refractivity contribution in [3.05, 3.63) is 38.1 Å². The van der Waals surface area contributed by atoms with Crippen molar-refractivity contribution in [2.24, 2.45) is 0 Å². The maximum Gasteiger partial charge on any atom is 0.284 e. The van der Waals surface area contributed by atoms with Crippen molar-refractivity contribution in [2.45, 2.75) is 0 Å². The number of alkyl halides is 1. The van der Waals surface area contributed by atoms with E-state index in [4.69, 9.17) is 0 Å². The molecule has 1 aromatic rings. The van der Waals surface area contributed by atoms with Crippen molar-refractivity contribution in [2.75, 3.05) is 5.33 Å². The number of carbonyl (C=O) groups excluding carboxylic acids is 1. The molecule has 0 atom stereocenters. The normalized spacial score (nSPS) is 10.1. The van der Waals surface area contributed by atoms with Crippen LogP contribution >= 0.6 is 31.9 Å². The molecule has 0 spiro atoms. The van der Waals surface area contributed by atoms with Crippen LogP contribution in [0.25, 0.3) is 0 Å². The lowest BCUT2D eigenvalue weighted by atomic mass is 10.1. The third-order valence-corrected chi connectivity index (χ3v) is 2.77. The molecule has 4 nitrogen and oxygen atoms in total. The van der Waals surface area contributed by atoms with Gasteiger partial charge in [-0.2, -0.15) is 0 Å². The highest BCUT2D eigenvalue weighted by molar-refractivity contribution is 9.10. The lowest BCUT2D eigenvalue weighted by Crippen LogP contribution is -2.06. The summed E-state index contributed by atoms with van der Waals surface area (Å²) < 4.78 is 13.0. The molecule has 0 saturated carbocycles. The van der Waals surface area contributed by atoms with Gasteiger partial charge in [0.1, 0.15) is 11.4 Å². The van der Waals surface area contributed by atoms with E-state index in [1.54, 1.807) is 0 Å². The van der Waals surface area contributed by atoms with Crippen molar-refractivity contribution < 1.29 is 14.1 Å². The average Bonchev–Trinajstić information content (AvgIpc) is 2.15. The van der Waals surface area contributed by atoms with Crippen LogP contribution in [-0.4, -0.2) is 16.0 Å². The largest absolute Gasteiger partial charge is 0.293 e. The molecule has 0 fully saturated rings. The van der Waals surface area contributed by atoms with E-state index in [0.29, 0.717) is 0 Å². The first kappa shape index (κ1) is 12.3. The summed E-state index contributed by atoms with van der Waals surface area (Å²) in [7, 11) is 0. The Morgan fingerprint density at radius 3 is 2.60 bits per heavy atom. The van der Waals surface area contributed by atoms with Crippen LogP contribution < -0.4 is 0 Å². The molecule has 0 aliphatic carbocycles. The van der Waals surface area contributed by atoms with Gasteiger partial charge in [-0.05, 0) is 22.0 Å². The van der Waals surface area contributed by atoms with Gasteiger partial charge in [-0.1, -0.05) is 15.9 Å². The Morgan fingerprint density at radius 1 is 1.53 bits per heavy atom. The Labute approximate surface area is 101 Å². The average molecular weight is 341 g/mol. The fourth-order valence-corrected chi connectivity index (χ4v) is 1.97. The molecule has 1 rings (SSSR count). The zero-order chi connectivity index (χ0) is 11.6. The molecule has 0 bridgehead atoms. The highest BCUT2D eigenvalue weighted by atomic mass is 79.9. The van der Waals surface area contributed by atoms with Crippen molar-refractivity contribution in [3.63, 3.8) is 0 Å². The van der Waals surface area contributed by atoms with Gasteiger partial charge in [0.05, 0.1) is 16.3 Å². The maximum atomic E-state index is 12.9. The van der Waals surface area contributed by atoms with Crippen LogP contribution in [0.4, 0.5) is 10.1 Å². The van der Waals surface area contributed by atoms with E-state index in [-0.39, 0.29) is 15.4 Å². The lowest BCUT2D eigenvalue weighted by Gasteiger charge is -2.02. The Kier molecular flexibility index (Phi) is 3.92. The Morgan fingerprint density at radius 2 is 2.13 bits per heavy atom. The van der Waals surface area contributed by atoms with Gasteiger partial charge in [-0.15, -0.1) is 0 Å². The summed E-state index contributed by atoms with van der Waals surface area (Å²) in [5, 5.41) is 10.5. The number of halogens is 3. The van der Waals surface area contributed by atoms with E-state index < -0.39 is 22.2 Å². The van der Waals surface area contributed by atoms with Gasteiger partial charge >= 0.3 is 0 Å².